The Labute approximate surface area is 163 Å². The highest BCUT2D eigenvalue weighted by atomic mass is 16.3. The van der Waals surface area contributed by atoms with E-state index in [4.69, 9.17) is 4.42 Å². The van der Waals surface area contributed by atoms with Crippen LogP contribution in [0.1, 0.15) is 47.4 Å². The first-order valence-corrected chi connectivity index (χ1v) is 9.64. The number of Topliss-reactive ketones (excluding diaryl/α,β-unsaturated/α-hetero) is 1. The monoisotopic (exact) mass is 370 g/mol. The summed E-state index contributed by atoms with van der Waals surface area (Å²) in [6.45, 7) is 4.32. The molecule has 0 atom stereocenters. The molecule has 1 aromatic carbocycles. The SMILES string of the molecule is CC1(C)CC(=O)c2c([nH]c(-c3ccncc3)c2Cc2ccc3occc3c2)C1. The molecule has 3 heterocycles. The Hall–Kier alpha value is -3.14. The fraction of sp³-hybridized carbons (Fsp3) is 0.250. The molecule has 0 bridgehead atoms. The normalized spacial score (nSPS) is 15.7. The number of aromatic nitrogens is 2. The summed E-state index contributed by atoms with van der Waals surface area (Å²) in [5, 5.41) is 1.08. The first-order valence-electron chi connectivity index (χ1n) is 9.64. The molecule has 4 nitrogen and oxygen atoms in total. The van der Waals surface area contributed by atoms with Crippen LogP contribution in [0.5, 0.6) is 0 Å². The molecule has 0 fully saturated rings. The summed E-state index contributed by atoms with van der Waals surface area (Å²) in [6.07, 6.45) is 7.47. The van der Waals surface area contributed by atoms with Gasteiger partial charge in [0.15, 0.2) is 5.78 Å². The highest BCUT2D eigenvalue weighted by molar-refractivity contribution is 6.02. The molecule has 0 amide bonds. The van der Waals surface area contributed by atoms with E-state index in [0.717, 1.165) is 45.5 Å². The van der Waals surface area contributed by atoms with Gasteiger partial charge in [-0.15, -0.1) is 0 Å². The standard InChI is InChI=1S/C24H22N2O2/c1-24(2)13-19-22(20(27)14-24)18(23(26-19)16-5-8-25-9-6-16)12-15-3-4-21-17(11-15)7-10-28-21/h3-11,26H,12-14H2,1-2H3. The molecule has 0 radical (unpaired) electrons. The van der Waals surface area contributed by atoms with Crippen molar-refractivity contribution in [3.05, 3.63) is 77.4 Å². The fourth-order valence-corrected chi connectivity index (χ4v) is 4.40. The Morgan fingerprint density at radius 1 is 1.11 bits per heavy atom. The first-order chi connectivity index (χ1) is 13.5. The van der Waals surface area contributed by atoms with Crippen molar-refractivity contribution in [3.63, 3.8) is 0 Å². The molecular weight excluding hydrogens is 348 g/mol. The third-order valence-electron chi connectivity index (χ3n) is 5.62. The number of hydrogen-bond donors (Lipinski definition) is 1. The van der Waals surface area contributed by atoms with Gasteiger partial charge in [-0.25, -0.2) is 0 Å². The second-order valence-corrected chi connectivity index (χ2v) is 8.48. The maximum atomic E-state index is 13.1. The van der Waals surface area contributed by atoms with Crippen molar-refractivity contribution < 1.29 is 9.21 Å². The van der Waals surface area contributed by atoms with E-state index in [1.807, 2.05) is 24.3 Å². The van der Waals surface area contributed by atoms with Crippen molar-refractivity contribution in [3.8, 4) is 11.3 Å². The zero-order valence-electron chi connectivity index (χ0n) is 16.1. The molecule has 5 rings (SSSR count). The minimum Gasteiger partial charge on any atom is -0.464 e. The molecule has 0 saturated heterocycles. The first kappa shape index (κ1) is 17.0. The molecule has 0 saturated carbocycles. The van der Waals surface area contributed by atoms with Crippen LogP contribution in [0.4, 0.5) is 0 Å². The Balaban J connectivity index is 1.66. The van der Waals surface area contributed by atoms with Crippen LogP contribution in [-0.4, -0.2) is 15.8 Å². The third kappa shape index (κ3) is 2.85. The highest BCUT2D eigenvalue weighted by Crippen LogP contribution is 2.40. The molecule has 1 aliphatic rings. The molecule has 1 aliphatic carbocycles. The molecule has 28 heavy (non-hydrogen) atoms. The number of nitrogens with one attached hydrogen (secondary N) is 1. The van der Waals surface area contributed by atoms with Crippen molar-refractivity contribution in [1.82, 2.24) is 9.97 Å². The minimum atomic E-state index is -0.0164. The molecule has 0 unspecified atom stereocenters. The summed E-state index contributed by atoms with van der Waals surface area (Å²) in [6, 6.07) is 12.2. The second kappa shape index (κ2) is 6.20. The Bertz CT molecular complexity index is 1180. The Morgan fingerprint density at radius 2 is 1.93 bits per heavy atom. The number of nitrogens with zero attached hydrogens (tertiary/aromatic N) is 1. The predicted molar refractivity (Wildman–Crippen MR) is 109 cm³/mol. The number of ketones is 1. The Morgan fingerprint density at radius 3 is 2.75 bits per heavy atom. The van der Waals surface area contributed by atoms with Gasteiger partial charge in [0.05, 0.1) is 12.0 Å². The van der Waals surface area contributed by atoms with Gasteiger partial charge in [0, 0.05) is 47.4 Å². The number of furan rings is 1. The average molecular weight is 370 g/mol. The molecule has 1 N–H and O–H groups in total. The van der Waals surface area contributed by atoms with Crippen molar-refractivity contribution in [1.29, 1.82) is 0 Å². The highest BCUT2D eigenvalue weighted by Gasteiger charge is 2.35. The second-order valence-electron chi connectivity index (χ2n) is 8.48. The van der Waals surface area contributed by atoms with Crippen LogP contribution in [0.2, 0.25) is 0 Å². The molecule has 4 heteroatoms. The summed E-state index contributed by atoms with van der Waals surface area (Å²) in [5.74, 6) is 0.238. The van der Waals surface area contributed by atoms with Gasteiger partial charge in [-0.3, -0.25) is 9.78 Å². The topological polar surface area (TPSA) is 58.9 Å². The third-order valence-corrected chi connectivity index (χ3v) is 5.62. The number of pyridine rings is 1. The summed E-state index contributed by atoms with van der Waals surface area (Å²) in [5.41, 5.74) is 7.17. The van der Waals surface area contributed by atoms with Crippen LogP contribution >= 0.6 is 0 Å². The van der Waals surface area contributed by atoms with Gasteiger partial charge in [0.2, 0.25) is 0 Å². The number of carbonyl (C=O) groups excluding carboxylic acids is 1. The summed E-state index contributed by atoms with van der Waals surface area (Å²) < 4.78 is 5.46. The number of rotatable bonds is 3. The smallest absolute Gasteiger partial charge is 0.165 e. The van der Waals surface area contributed by atoms with Gasteiger partial charge < -0.3 is 9.40 Å². The number of benzene rings is 1. The van der Waals surface area contributed by atoms with Gasteiger partial charge in [-0.1, -0.05) is 19.9 Å². The predicted octanol–water partition coefficient (Wildman–Crippen LogP) is 5.57. The largest absolute Gasteiger partial charge is 0.464 e. The van der Waals surface area contributed by atoms with Crippen LogP contribution in [0.15, 0.2) is 59.5 Å². The van der Waals surface area contributed by atoms with Crippen LogP contribution in [0, 0.1) is 5.41 Å². The maximum absolute atomic E-state index is 13.1. The van der Waals surface area contributed by atoms with Crippen molar-refractivity contribution in [2.45, 2.75) is 33.1 Å². The minimum absolute atomic E-state index is 0.0164. The van der Waals surface area contributed by atoms with Crippen LogP contribution in [0.25, 0.3) is 22.2 Å². The molecule has 3 aromatic heterocycles. The summed E-state index contributed by atoms with van der Waals surface area (Å²) in [7, 11) is 0. The maximum Gasteiger partial charge on any atom is 0.165 e. The lowest BCUT2D eigenvalue weighted by molar-refractivity contribution is 0.0911. The summed E-state index contributed by atoms with van der Waals surface area (Å²) >= 11 is 0. The fourth-order valence-electron chi connectivity index (χ4n) is 4.40. The average Bonchev–Trinajstić information content (AvgIpc) is 3.26. The summed E-state index contributed by atoms with van der Waals surface area (Å²) in [4.78, 5) is 20.8. The number of hydrogen-bond acceptors (Lipinski definition) is 3. The molecule has 0 spiro atoms. The van der Waals surface area contributed by atoms with Gasteiger partial charge in [0.25, 0.3) is 0 Å². The zero-order valence-corrected chi connectivity index (χ0v) is 16.1. The van der Waals surface area contributed by atoms with E-state index in [0.29, 0.717) is 12.8 Å². The molecule has 140 valence electrons. The lowest BCUT2D eigenvalue weighted by atomic mass is 9.75. The number of H-pyrrole nitrogens is 1. The number of carbonyl (C=O) groups is 1. The zero-order chi connectivity index (χ0) is 19.3. The van der Waals surface area contributed by atoms with E-state index in [9.17, 15) is 4.79 Å². The van der Waals surface area contributed by atoms with E-state index in [1.54, 1.807) is 18.7 Å². The van der Waals surface area contributed by atoms with Crippen LogP contribution in [0.3, 0.4) is 0 Å². The molecule has 4 aromatic rings. The lowest BCUT2D eigenvalue weighted by Crippen LogP contribution is -2.27. The lowest BCUT2D eigenvalue weighted by Gasteiger charge is -2.28. The molecular formula is C24H22N2O2. The van der Waals surface area contributed by atoms with Gasteiger partial charge in [-0.2, -0.15) is 0 Å². The quantitative estimate of drug-likeness (QED) is 0.513. The van der Waals surface area contributed by atoms with Gasteiger partial charge in [0.1, 0.15) is 5.58 Å². The van der Waals surface area contributed by atoms with Gasteiger partial charge >= 0.3 is 0 Å². The van der Waals surface area contributed by atoms with E-state index in [1.165, 1.54) is 5.56 Å². The van der Waals surface area contributed by atoms with Crippen molar-refractivity contribution in [2.24, 2.45) is 5.41 Å². The van der Waals surface area contributed by atoms with E-state index >= 15 is 0 Å². The Kier molecular flexibility index (Phi) is 3.76. The van der Waals surface area contributed by atoms with E-state index < -0.39 is 0 Å². The van der Waals surface area contributed by atoms with E-state index in [2.05, 4.69) is 35.9 Å². The van der Waals surface area contributed by atoms with Crippen LogP contribution < -0.4 is 0 Å². The van der Waals surface area contributed by atoms with Crippen LogP contribution in [-0.2, 0) is 12.8 Å². The van der Waals surface area contributed by atoms with Crippen molar-refractivity contribution >= 4 is 16.8 Å². The number of aromatic amines is 1. The van der Waals surface area contributed by atoms with E-state index in [-0.39, 0.29) is 11.2 Å². The van der Waals surface area contributed by atoms with Gasteiger partial charge in [-0.05, 0) is 53.3 Å². The molecule has 0 aliphatic heterocycles. The number of fused-ring (bicyclic) bond motifs is 2. The van der Waals surface area contributed by atoms with Crippen molar-refractivity contribution in [2.75, 3.05) is 0 Å².